The molecule has 9 aromatic carbocycles. The number of para-hydroxylation sites is 3. The molecular weight excluding hydrogens is 1240 g/mol. The van der Waals surface area contributed by atoms with Crippen molar-refractivity contribution in [1.82, 2.24) is 9.55 Å². The van der Waals surface area contributed by atoms with Crippen LogP contribution < -0.4 is 14.5 Å². The molecule has 11 aromatic rings. The van der Waals surface area contributed by atoms with E-state index >= 15 is 0 Å². The first-order valence-corrected chi connectivity index (χ1v) is 29.8. The molecule has 13 rings (SSSR count). The Kier molecular flexibility index (Phi) is 11.9. The van der Waals surface area contributed by atoms with Crippen LogP contribution in [0.4, 0.5) is 22.7 Å². The minimum atomic E-state index is -2.63. The first kappa shape index (κ1) is 47.1. The average Bonchev–Trinajstić information content (AvgIpc) is 1.41. The first-order chi connectivity index (χ1) is 45.5. The van der Waals surface area contributed by atoms with Crippen LogP contribution >= 0.6 is 0 Å². The molecule has 6 heteroatoms. The van der Waals surface area contributed by atoms with Crippen molar-refractivity contribution in [3.05, 3.63) is 246 Å². The van der Waals surface area contributed by atoms with Gasteiger partial charge in [-0.3, -0.25) is 0 Å². The van der Waals surface area contributed by atoms with Crippen molar-refractivity contribution in [1.29, 1.82) is 0 Å². The van der Waals surface area contributed by atoms with Gasteiger partial charge in [-0.1, -0.05) is 211 Å². The van der Waals surface area contributed by atoms with Crippen molar-refractivity contribution in [3.8, 4) is 61.8 Å². The monoisotopic (exact) mass is 1330 g/mol. The van der Waals surface area contributed by atoms with Gasteiger partial charge in [0.2, 0.25) is 0 Å². The summed E-state index contributed by atoms with van der Waals surface area (Å²) in [5, 5.41) is 0.638. The molecule has 0 fully saturated rings. The molecule has 0 saturated heterocycles. The van der Waals surface area contributed by atoms with Gasteiger partial charge >= 0.3 is 0 Å². The van der Waals surface area contributed by atoms with Crippen LogP contribution in [0.5, 0.6) is 11.5 Å². The fourth-order valence-electron chi connectivity index (χ4n) is 12.5. The van der Waals surface area contributed by atoms with Crippen LogP contribution in [0.3, 0.4) is 0 Å². The standard InChI is InChI=1S/C81H79N4O.Pt/c1-52-41-74(82-50-68(52)65-32-24-33-69-75(65)81(13,14)40-39-80(69,11)12)85-70-34-19-18-31-63(70)64-38-37-62(49-73(64)85)86-61-30-23-29-60(48-61)83-51-84(72-36-21-20-35-71(72)83)76-66(55-28-22-27-54(42-55)53-25-16-15-17-26-53)46-59(79(8,9)10)47-67(76)56-43-57(77(2,3)4)45-58(44-56)78(5,6)7;/h15-38,41-47,50-51H,39-40H2,1-14H3;/q-3;/i1D3,18D,19D,22D,27D,28D,31D,34D,42D;. The molecule has 5 nitrogen and oxygen atoms in total. The van der Waals surface area contributed by atoms with E-state index in [4.69, 9.17) is 16.6 Å². The molecule has 0 atom stereocenters. The average molecular weight is 1330 g/mol. The summed E-state index contributed by atoms with van der Waals surface area (Å²) >= 11 is 0. The van der Waals surface area contributed by atoms with Crippen molar-refractivity contribution < 1.29 is 40.9 Å². The van der Waals surface area contributed by atoms with Crippen LogP contribution in [-0.4, -0.2) is 9.55 Å². The molecule has 2 aliphatic rings. The number of benzene rings is 9. The van der Waals surface area contributed by atoms with Gasteiger partial charge in [-0.15, -0.1) is 48.1 Å². The van der Waals surface area contributed by atoms with Gasteiger partial charge in [-0.05, 0) is 156 Å². The third kappa shape index (κ3) is 10.9. The second kappa shape index (κ2) is 22.0. The molecule has 3 heterocycles. The zero-order valence-electron chi connectivity index (χ0n) is 62.9. The zero-order chi connectivity index (χ0) is 69.7. The van der Waals surface area contributed by atoms with Gasteiger partial charge in [-0.2, -0.15) is 12.1 Å². The van der Waals surface area contributed by atoms with Crippen LogP contribution in [0.25, 0.3) is 72.1 Å². The fraction of sp³-hybridized carbons (Fsp3) is 0.259. The van der Waals surface area contributed by atoms with Crippen molar-refractivity contribution in [2.45, 2.75) is 137 Å². The molecule has 0 amide bonds. The number of hydrogen-bond donors (Lipinski definition) is 0. The maximum Gasteiger partial charge on any atom is 0.135 e. The molecule has 0 unspecified atom stereocenters. The summed E-state index contributed by atoms with van der Waals surface area (Å²) in [6, 6.07) is 49.7. The van der Waals surface area contributed by atoms with E-state index in [1.165, 1.54) is 6.07 Å². The van der Waals surface area contributed by atoms with E-state index in [1.54, 1.807) is 29.0 Å². The maximum absolute atomic E-state index is 10.2. The molecule has 87 heavy (non-hydrogen) atoms. The van der Waals surface area contributed by atoms with E-state index < -0.39 is 24.4 Å². The first-order valence-electron chi connectivity index (χ1n) is 35.3. The van der Waals surface area contributed by atoms with Gasteiger partial charge in [0.25, 0.3) is 0 Å². The Hall–Kier alpha value is -7.98. The summed E-state index contributed by atoms with van der Waals surface area (Å²) in [7, 11) is 0. The smallest absolute Gasteiger partial charge is 0.135 e. The van der Waals surface area contributed by atoms with Crippen LogP contribution in [0, 0.1) is 25.7 Å². The third-order valence-corrected chi connectivity index (χ3v) is 17.6. The molecule has 0 radical (unpaired) electrons. The molecule has 0 N–H and O–H groups in total. The minimum absolute atomic E-state index is 0. The summed E-state index contributed by atoms with van der Waals surface area (Å²) in [5.41, 5.74) is 12.0. The molecule has 2 aromatic heterocycles. The van der Waals surface area contributed by atoms with E-state index in [1.807, 2.05) is 90.4 Å². The van der Waals surface area contributed by atoms with E-state index in [0.29, 0.717) is 39.2 Å². The Bertz CT molecular complexity index is 5020. The number of fused-ring (bicyclic) bond motifs is 5. The van der Waals surface area contributed by atoms with Crippen LogP contribution in [0.15, 0.2) is 194 Å². The van der Waals surface area contributed by atoms with Crippen molar-refractivity contribution in [3.63, 3.8) is 0 Å². The Balaban J connectivity index is 0.00000914. The van der Waals surface area contributed by atoms with Crippen LogP contribution in [0.2, 0.25) is 0 Å². The summed E-state index contributed by atoms with van der Waals surface area (Å²) < 4.78 is 111. The number of aryl methyl sites for hydroxylation is 1. The number of anilines is 4. The molecule has 0 spiro atoms. The third-order valence-electron chi connectivity index (χ3n) is 17.6. The van der Waals surface area contributed by atoms with Crippen molar-refractivity contribution in [2.24, 2.45) is 0 Å². The molecule has 442 valence electrons. The number of ether oxygens (including phenoxy) is 1. The fourth-order valence-corrected chi connectivity index (χ4v) is 12.5. The normalized spacial score (nSPS) is 16.6. The van der Waals surface area contributed by atoms with E-state index in [-0.39, 0.29) is 124 Å². The summed E-state index contributed by atoms with van der Waals surface area (Å²) in [6.07, 6.45) is 3.46. The summed E-state index contributed by atoms with van der Waals surface area (Å²) in [4.78, 5) is 9.13. The van der Waals surface area contributed by atoms with Crippen LogP contribution in [0.1, 0.15) is 151 Å². The second-order valence-electron chi connectivity index (χ2n) is 27.7. The minimum Gasteiger partial charge on any atom is -0.509 e. The number of hydrogen-bond acceptors (Lipinski definition) is 4. The Morgan fingerprint density at radius 2 is 1.18 bits per heavy atom. The molecule has 1 aliphatic heterocycles. The van der Waals surface area contributed by atoms with Crippen LogP contribution in [-0.2, 0) is 48.1 Å². The predicted octanol–water partition coefficient (Wildman–Crippen LogP) is 22.2. The van der Waals surface area contributed by atoms with Crippen molar-refractivity contribution in [2.75, 3.05) is 9.80 Å². The maximum atomic E-state index is 10.2. The zero-order valence-corrected chi connectivity index (χ0v) is 54.1. The molecular formula is C81H79N4OPt-3. The molecule has 0 bridgehead atoms. The molecule has 1 aliphatic carbocycles. The number of pyridine rings is 1. The predicted molar refractivity (Wildman–Crippen MR) is 362 cm³/mol. The van der Waals surface area contributed by atoms with Gasteiger partial charge in [0, 0.05) is 82.1 Å². The largest absolute Gasteiger partial charge is 0.509 e. The second-order valence-corrected chi connectivity index (χ2v) is 27.7. The van der Waals surface area contributed by atoms with Gasteiger partial charge < -0.3 is 19.1 Å². The molecule has 0 saturated carbocycles. The Labute approximate surface area is 546 Å². The Morgan fingerprint density at radius 3 is 1.90 bits per heavy atom. The van der Waals surface area contributed by atoms with Gasteiger partial charge in [0.05, 0.1) is 11.0 Å². The van der Waals surface area contributed by atoms with Gasteiger partial charge in [0.15, 0.2) is 0 Å². The summed E-state index contributed by atoms with van der Waals surface area (Å²) in [5.74, 6) is 0.627. The van der Waals surface area contributed by atoms with Gasteiger partial charge in [-0.25, -0.2) is 4.98 Å². The van der Waals surface area contributed by atoms with Gasteiger partial charge in [0.1, 0.15) is 5.82 Å². The van der Waals surface area contributed by atoms with E-state index in [2.05, 4.69) is 143 Å². The number of nitrogens with zero attached hydrogens (tertiary/aromatic N) is 4. The SMILES string of the molecule is [2H]c1c([2H])c(-c2ccccc2)c([2H])c(-c2cc(C(C)(C)C)cc(-c3cc(C(C)(C)C)cc(C(C)(C)C)c3)c2N2[CH-]N(c3[c-]c(Oc4[c-]c5c(cc4)c4c([2H])c([2H])c([2H])c([2H])c4n5-c4cc(C([2H])([2H])[2H])c(-c5cccc6c5C(C)(C)CCC6(C)C)cn4)ccc3)c3ccccc32)c1[2H].[Pt]. The number of rotatable bonds is 9. The summed E-state index contributed by atoms with van der Waals surface area (Å²) in [6.45, 7) is 27.9. The topological polar surface area (TPSA) is 33.5 Å². The van der Waals surface area contributed by atoms with E-state index in [9.17, 15) is 8.22 Å². The Morgan fingerprint density at radius 1 is 0.552 bits per heavy atom. The van der Waals surface area contributed by atoms with E-state index in [0.717, 1.165) is 68.7 Å². The number of aromatic nitrogens is 2. The van der Waals surface area contributed by atoms with Crippen molar-refractivity contribution >= 4 is 44.6 Å². The quantitative estimate of drug-likeness (QED) is 0.135.